The van der Waals surface area contributed by atoms with Crippen LogP contribution in [-0.4, -0.2) is 12.3 Å². The molecule has 20 heavy (non-hydrogen) atoms. The monoisotopic (exact) mass is 340 g/mol. The Hall–Kier alpha value is -1.37. The highest BCUT2D eigenvalue weighted by Gasteiger charge is 2.10. The van der Waals surface area contributed by atoms with E-state index in [1.807, 2.05) is 31.2 Å². The Morgan fingerprint density at radius 1 is 1.35 bits per heavy atom. The van der Waals surface area contributed by atoms with Crippen LogP contribution in [0.4, 0.5) is 0 Å². The van der Waals surface area contributed by atoms with E-state index in [0.717, 1.165) is 15.8 Å². The third-order valence-corrected chi connectivity index (χ3v) is 3.23. The Kier molecular flexibility index (Phi) is 5.17. The number of hydrogen-bond acceptors (Lipinski definition) is 5. The molecular formula is C14H17BrN2O3. The summed E-state index contributed by atoms with van der Waals surface area (Å²) in [5, 5.41) is 3.92. The third-order valence-electron chi connectivity index (χ3n) is 2.74. The van der Waals surface area contributed by atoms with E-state index in [1.54, 1.807) is 7.11 Å². The number of nitrogens with zero attached hydrogens (tertiary/aromatic N) is 1. The Morgan fingerprint density at radius 3 is 2.85 bits per heavy atom. The van der Waals surface area contributed by atoms with Crippen molar-refractivity contribution < 1.29 is 14.0 Å². The topological polar surface area (TPSA) is 70.5 Å². The molecule has 2 aromatic rings. The molecule has 108 valence electrons. The Bertz CT molecular complexity index is 569. The van der Waals surface area contributed by atoms with Gasteiger partial charge >= 0.3 is 0 Å². The number of benzene rings is 1. The van der Waals surface area contributed by atoms with Crippen molar-refractivity contribution in [3.8, 4) is 5.75 Å². The van der Waals surface area contributed by atoms with E-state index in [-0.39, 0.29) is 6.04 Å². The molecule has 0 amide bonds. The van der Waals surface area contributed by atoms with Crippen LogP contribution in [0, 0.1) is 0 Å². The van der Waals surface area contributed by atoms with E-state index < -0.39 is 0 Å². The fourth-order valence-electron chi connectivity index (χ4n) is 1.80. The Morgan fingerprint density at radius 2 is 2.15 bits per heavy atom. The molecule has 1 atom stereocenters. The first-order chi connectivity index (χ1) is 9.60. The highest BCUT2D eigenvalue weighted by molar-refractivity contribution is 9.10. The molecule has 0 aliphatic heterocycles. The van der Waals surface area contributed by atoms with Crippen molar-refractivity contribution in [2.75, 3.05) is 7.11 Å². The molecule has 0 aliphatic carbocycles. The Labute approximate surface area is 126 Å². The zero-order chi connectivity index (χ0) is 14.5. The summed E-state index contributed by atoms with van der Waals surface area (Å²) in [6.07, 6.45) is 0. The molecule has 0 bridgehead atoms. The SMILES string of the molecule is COCc1cc(COc2cc(Br)ccc2C(C)N)no1. The van der Waals surface area contributed by atoms with Gasteiger partial charge in [-0.25, -0.2) is 0 Å². The maximum Gasteiger partial charge on any atom is 0.162 e. The van der Waals surface area contributed by atoms with Crippen molar-refractivity contribution in [2.24, 2.45) is 5.73 Å². The molecule has 2 rings (SSSR count). The van der Waals surface area contributed by atoms with Crippen molar-refractivity contribution in [3.63, 3.8) is 0 Å². The van der Waals surface area contributed by atoms with E-state index in [9.17, 15) is 0 Å². The van der Waals surface area contributed by atoms with E-state index in [2.05, 4.69) is 21.1 Å². The van der Waals surface area contributed by atoms with Crippen LogP contribution in [0.1, 0.15) is 30.0 Å². The minimum Gasteiger partial charge on any atom is -0.487 e. The van der Waals surface area contributed by atoms with Gasteiger partial charge in [-0.3, -0.25) is 0 Å². The number of halogens is 1. The van der Waals surface area contributed by atoms with Gasteiger partial charge in [0.05, 0.1) is 0 Å². The average molecular weight is 341 g/mol. The molecule has 0 radical (unpaired) electrons. The predicted octanol–water partition coefficient (Wildman–Crippen LogP) is 3.18. The normalized spacial score (nSPS) is 12.4. The number of aromatic nitrogens is 1. The largest absolute Gasteiger partial charge is 0.487 e. The van der Waals surface area contributed by atoms with Gasteiger partial charge in [0.1, 0.15) is 24.7 Å². The van der Waals surface area contributed by atoms with Crippen LogP contribution < -0.4 is 10.5 Å². The van der Waals surface area contributed by atoms with Crippen LogP contribution in [0.2, 0.25) is 0 Å². The summed E-state index contributed by atoms with van der Waals surface area (Å²) >= 11 is 3.42. The van der Waals surface area contributed by atoms with Gasteiger partial charge in [0.15, 0.2) is 5.76 Å². The zero-order valence-corrected chi connectivity index (χ0v) is 13.0. The summed E-state index contributed by atoms with van der Waals surface area (Å²) in [4.78, 5) is 0. The van der Waals surface area contributed by atoms with Crippen LogP contribution in [0.3, 0.4) is 0 Å². The fourth-order valence-corrected chi connectivity index (χ4v) is 2.14. The molecule has 0 aliphatic rings. The lowest BCUT2D eigenvalue weighted by Gasteiger charge is -2.13. The smallest absolute Gasteiger partial charge is 0.162 e. The molecule has 0 saturated carbocycles. The quantitative estimate of drug-likeness (QED) is 0.874. The lowest BCUT2D eigenvalue weighted by molar-refractivity contribution is 0.155. The molecule has 1 aromatic heterocycles. The number of ether oxygens (including phenoxy) is 2. The van der Waals surface area contributed by atoms with E-state index in [1.165, 1.54) is 0 Å². The van der Waals surface area contributed by atoms with Gasteiger partial charge in [0.25, 0.3) is 0 Å². The standard InChI is InChI=1S/C14H17BrN2O3/c1-9(16)13-4-3-10(15)5-14(13)19-7-11-6-12(8-18-2)20-17-11/h3-6,9H,7-8,16H2,1-2H3. The number of methoxy groups -OCH3 is 1. The van der Waals surface area contributed by atoms with E-state index in [0.29, 0.717) is 24.7 Å². The molecule has 5 nitrogen and oxygen atoms in total. The maximum atomic E-state index is 5.93. The second kappa shape index (κ2) is 6.88. The van der Waals surface area contributed by atoms with Gasteiger partial charge in [-0.2, -0.15) is 0 Å². The molecule has 2 N–H and O–H groups in total. The van der Waals surface area contributed by atoms with Crippen LogP contribution in [0.5, 0.6) is 5.75 Å². The van der Waals surface area contributed by atoms with Crippen molar-refractivity contribution in [1.29, 1.82) is 0 Å². The zero-order valence-electron chi connectivity index (χ0n) is 11.4. The first kappa shape index (κ1) is 15.0. The maximum absolute atomic E-state index is 5.93. The summed E-state index contributed by atoms with van der Waals surface area (Å²) in [6, 6.07) is 7.50. The van der Waals surface area contributed by atoms with Crippen LogP contribution in [-0.2, 0) is 18.0 Å². The summed E-state index contributed by atoms with van der Waals surface area (Å²) in [6.45, 7) is 2.64. The molecule has 0 spiro atoms. The van der Waals surface area contributed by atoms with Gasteiger partial charge in [-0.1, -0.05) is 27.2 Å². The second-order valence-corrected chi connectivity index (χ2v) is 5.39. The first-order valence-corrected chi connectivity index (χ1v) is 7.00. The summed E-state index contributed by atoms with van der Waals surface area (Å²) in [5.74, 6) is 1.42. The molecule has 6 heteroatoms. The lowest BCUT2D eigenvalue weighted by atomic mass is 10.1. The fraction of sp³-hybridized carbons (Fsp3) is 0.357. The second-order valence-electron chi connectivity index (χ2n) is 4.48. The number of rotatable bonds is 6. The van der Waals surface area contributed by atoms with E-state index >= 15 is 0 Å². The molecule has 0 fully saturated rings. The predicted molar refractivity (Wildman–Crippen MR) is 78.3 cm³/mol. The molecule has 1 heterocycles. The number of hydrogen-bond donors (Lipinski definition) is 1. The minimum absolute atomic E-state index is 0.0977. The van der Waals surface area contributed by atoms with Gasteiger partial charge in [0.2, 0.25) is 0 Å². The average Bonchev–Trinajstić information content (AvgIpc) is 2.84. The molecule has 0 saturated heterocycles. The highest BCUT2D eigenvalue weighted by atomic mass is 79.9. The molecular weight excluding hydrogens is 324 g/mol. The van der Waals surface area contributed by atoms with Crippen molar-refractivity contribution in [2.45, 2.75) is 26.2 Å². The Balaban J connectivity index is 2.07. The van der Waals surface area contributed by atoms with Crippen LogP contribution >= 0.6 is 15.9 Å². The van der Waals surface area contributed by atoms with Crippen LogP contribution in [0.25, 0.3) is 0 Å². The number of nitrogens with two attached hydrogens (primary N) is 1. The first-order valence-electron chi connectivity index (χ1n) is 6.21. The van der Waals surface area contributed by atoms with Gasteiger partial charge in [0, 0.05) is 29.3 Å². The van der Waals surface area contributed by atoms with Crippen molar-refractivity contribution in [1.82, 2.24) is 5.16 Å². The van der Waals surface area contributed by atoms with Crippen molar-refractivity contribution >= 4 is 15.9 Å². The van der Waals surface area contributed by atoms with E-state index in [4.69, 9.17) is 19.7 Å². The van der Waals surface area contributed by atoms with Gasteiger partial charge in [-0.15, -0.1) is 0 Å². The van der Waals surface area contributed by atoms with Crippen molar-refractivity contribution in [3.05, 3.63) is 45.8 Å². The summed E-state index contributed by atoms with van der Waals surface area (Å²) in [7, 11) is 1.61. The lowest BCUT2D eigenvalue weighted by Crippen LogP contribution is -2.08. The summed E-state index contributed by atoms with van der Waals surface area (Å²) in [5.41, 5.74) is 7.60. The highest BCUT2D eigenvalue weighted by Crippen LogP contribution is 2.28. The molecule has 1 aromatic carbocycles. The van der Waals surface area contributed by atoms with Gasteiger partial charge in [-0.05, 0) is 19.1 Å². The van der Waals surface area contributed by atoms with Crippen LogP contribution in [0.15, 0.2) is 33.3 Å². The molecule has 1 unspecified atom stereocenters. The third kappa shape index (κ3) is 3.82. The van der Waals surface area contributed by atoms with Gasteiger partial charge < -0.3 is 19.7 Å². The minimum atomic E-state index is -0.0977. The summed E-state index contributed by atoms with van der Waals surface area (Å²) < 4.78 is 16.8.